The predicted octanol–water partition coefficient (Wildman–Crippen LogP) is 1.53. The van der Waals surface area contributed by atoms with Crippen molar-refractivity contribution in [3.05, 3.63) is 34.8 Å². The number of hydrogen-bond donors (Lipinski definition) is 3. The molecule has 2 rings (SSSR count). The van der Waals surface area contributed by atoms with E-state index in [0.29, 0.717) is 5.69 Å². The van der Waals surface area contributed by atoms with Crippen molar-refractivity contribution in [3.63, 3.8) is 0 Å². The van der Waals surface area contributed by atoms with Crippen molar-refractivity contribution in [2.75, 3.05) is 10.5 Å². The van der Waals surface area contributed by atoms with Gasteiger partial charge in [-0.2, -0.15) is 0 Å². The Kier molecular flexibility index (Phi) is 3.64. The number of nitrogens with zero attached hydrogens (tertiary/aromatic N) is 1. The van der Waals surface area contributed by atoms with Crippen LogP contribution >= 0.6 is 11.3 Å². The molecule has 1 aromatic heterocycles. The van der Waals surface area contributed by atoms with Crippen LogP contribution < -0.4 is 10.5 Å². The third kappa shape index (κ3) is 2.89. The predicted molar refractivity (Wildman–Crippen MR) is 75.5 cm³/mol. The van der Waals surface area contributed by atoms with Gasteiger partial charge in [0.05, 0.1) is 16.9 Å². The average molecular weight is 313 g/mol. The number of thiazole rings is 1. The topological polar surface area (TPSA) is 122 Å². The van der Waals surface area contributed by atoms with Gasteiger partial charge in [-0.25, -0.2) is 18.2 Å². The molecule has 0 amide bonds. The standard InChI is InChI=1S/C11H11N3O4S2/c1-6-5-19-11(13-6)14-20(17,18)9-3-2-7(10(15)16)4-8(9)12/h2-5H,12H2,1H3,(H,13,14)(H,15,16). The molecule has 0 bridgehead atoms. The summed E-state index contributed by atoms with van der Waals surface area (Å²) in [6, 6.07) is 3.44. The Balaban J connectivity index is 2.37. The van der Waals surface area contributed by atoms with Crippen molar-refractivity contribution in [3.8, 4) is 0 Å². The maximum atomic E-state index is 12.1. The number of nitrogens with two attached hydrogens (primary N) is 1. The molecule has 1 aromatic carbocycles. The van der Waals surface area contributed by atoms with Crippen LogP contribution in [0.15, 0.2) is 28.5 Å². The van der Waals surface area contributed by atoms with Crippen molar-refractivity contribution in [2.45, 2.75) is 11.8 Å². The van der Waals surface area contributed by atoms with E-state index in [0.717, 1.165) is 23.5 Å². The molecule has 2 aromatic rings. The average Bonchev–Trinajstić information content (AvgIpc) is 2.73. The number of aromatic carboxylic acids is 1. The number of carbonyl (C=O) groups is 1. The number of carboxylic acid groups (broad SMARTS) is 1. The Morgan fingerprint density at radius 1 is 1.45 bits per heavy atom. The summed E-state index contributed by atoms with van der Waals surface area (Å²) in [5, 5.41) is 10.7. The van der Waals surface area contributed by atoms with Gasteiger partial charge in [0.2, 0.25) is 0 Å². The van der Waals surface area contributed by atoms with Crippen molar-refractivity contribution in [1.82, 2.24) is 4.98 Å². The third-order valence-corrected chi connectivity index (χ3v) is 4.80. The van der Waals surface area contributed by atoms with Crippen molar-refractivity contribution in [1.29, 1.82) is 0 Å². The summed E-state index contributed by atoms with van der Waals surface area (Å²) in [7, 11) is -3.89. The van der Waals surface area contributed by atoms with E-state index in [-0.39, 0.29) is 21.3 Å². The molecule has 20 heavy (non-hydrogen) atoms. The van der Waals surface area contributed by atoms with Crippen LogP contribution in [0.5, 0.6) is 0 Å². The fourth-order valence-electron chi connectivity index (χ4n) is 1.50. The molecule has 4 N–H and O–H groups in total. The summed E-state index contributed by atoms with van der Waals surface area (Å²) in [6.45, 7) is 1.74. The highest BCUT2D eigenvalue weighted by atomic mass is 32.2. The van der Waals surface area contributed by atoms with Gasteiger partial charge in [-0.05, 0) is 25.1 Å². The number of hydrogen-bond acceptors (Lipinski definition) is 6. The Hall–Kier alpha value is -2.13. The molecule has 0 radical (unpaired) electrons. The quantitative estimate of drug-likeness (QED) is 0.736. The molecule has 1 heterocycles. The Bertz CT molecular complexity index is 768. The number of carboxylic acids is 1. The molecule has 0 aliphatic carbocycles. The molecule has 0 aliphatic heterocycles. The lowest BCUT2D eigenvalue weighted by molar-refractivity contribution is 0.0697. The van der Waals surface area contributed by atoms with Crippen LogP contribution in [0.4, 0.5) is 10.8 Å². The van der Waals surface area contributed by atoms with Crippen molar-refractivity contribution in [2.24, 2.45) is 0 Å². The van der Waals surface area contributed by atoms with Gasteiger partial charge in [-0.1, -0.05) is 0 Å². The SMILES string of the molecule is Cc1csc(NS(=O)(=O)c2ccc(C(=O)O)cc2N)n1. The molecule has 0 fully saturated rings. The van der Waals surface area contributed by atoms with E-state index in [1.807, 2.05) is 0 Å². The number of nitrogen functional groups attached to an aromatic ring is 1. The van der Waals surface area contributed by atoms with Crippen LogP contribution in [0, 0.1) is 6.92 Å². The molecule has 0 unspecified atom stereocenters. The summed E-state index contributed by atoms with van der Waals surface area (Å²) < 4.78 is 26.6. The first-order valence-corrected chi connectivity index (χ1v) is 7.73. The summed E-state index contributed by atoms with van der Waals surface area (Å²) in [5.41, 5.74) is 6.09. The second-order valence-electron chi connectivity index (χ2n) is 3.96. The van der Waals surface area contributed by atoms with E-state index >= 15 is 0 Å². The third-order valence-electron chi connectivity index (χ3n) is 2.39. The van der Waals surface area contributed by atoms with E-state index in [2.05, 4.69) is 9.71 Å². The first-order chi connectivity index (χ1) is 9.29. The highest BCUT2D eigenvalue weighted by molar-refractivity contribution is 7.93. The van der Waals surface area contributed by atoms with Crippen LogP contribution in [0.2, 0.25) is 0 Å². The van der Waals surface area contributed by atoms with Gasteiger partial charge in [-0.15, -0.1) is 11.3 Å². The Labute approximate surface area is 119 Å². The zero-order chi connectivity index (χ0) is 14.9. The number of anilines is 2. The van der Waals surface area contributed by atoms with Gasteiger partial charge in [0.25, 0.3) is 10.0 Å². The lowest BCUT2D eigenvalue weighted by Crippen LogP contribution is -2.15. The zero-order valence-corrected chi connectivity index (χ0v) is 12.0. The highest BCUT2D eigenvalue weighted by Crippen LogP contribution is 2.24. The van der Waals surface area contributed by atoms with Crippen molar-refractivity contribution < 1.29 is 18.3 Å². The van der Waals surface area contributed by atoms with E-state index in [1.165, 1.54) is 6.07 Å². The van der Waals surface area contributed by atoms with Crippen LogP contribution in [0.3, 0.4) is 0 Å². The Morgan fingerprint density at radius 3 is 2.65 bits per heavy atom. The van der Waals surface area contributed by atoms with Crippen LogP contribution in [-0.4, -0.2) is 24.5 Å². The van der Waals surface area contributed by atoms with Gasteiger partial charge < -0.3 is 10.8 Å². The monoisotopic (exact) mass is 313 g/mol. The van der Waals surface area contributed by atoms with E-state index in [9.17, 15) is 13.2 Å². The normalized spacial score (nSPS) is 11.2. The molecule has 9 heteroatoms. The molecule has 0 atom stereocenters. The first-order valence-electron chi connectivity index (χ1n) is 5.37. The second kappa shape index (κ2) is 5.10. The summed E-state index contributed by atoms with van der Waals surface area (Å²) in [6.07, 6.45) is 0. The molecular formula is C11H11N3O4S2. The largest absolute Gasteiger partial charge is 0.478 e. The van der Waals surface area contributed by atoms with Gasteiger partial charge in [0, 0.05) is 5.38 Å². The first kappa shape index (κ1) is 14.3. The lowest BCUT2D eigenvalue weighted by Gasteiger charge is -2.08. The van der Waals surface area contributed by atoms with Gasteiger partial charge in [-0.3, -0.25) is 4.72 Å². The van der Waals surface area contributed by atoms with Crippen LogP contribution in [-0.2, 0) is 10.0 Å². The van der Waals surface area contributed by atoms with Crippen LogP contribution in [0.25, 0.3) is 0 Å². The summed E-state index contributed by atoms with van der Waals surface area (Å²) in [4.78, 5) is 14.6. The number of nitrogens with one attached hydrogen (secondary N) is 1. The summed E-state index contributed by atoms with van der Waals surface area (Å²) in [5.74, 6) is -1.18. The molecular weight excluding hydrogens is 302 g/mol. The fourth-order valence-corrected chi connectivity index (χ4v) is 3.55. The van der Waals surface area contributed by atoms with Gasteiger partial charge in [0.1, 0.15) is 4.90 Å². The van der Waals surface area contributed by atoms with Gasteiger partial charge in [0.15, 0.2) is 5.13 Å². The number of benzene rings is 1. The maximum absolute atomic E-state index is 12.1. The lowest BCUT2D eigenvalue weighted by atomic mass is 10.2. The molecule has 7 nitrogen and oxygen atoms in total. The minimum Gasteiger partial charge on any atom is -0.478 e. The number of aromatic nitrogens is 1. The maximum Gasteiger partial charge on any atom is 0.335 e. The minimum absolute atomic E-state index is 0.0773. The molecule has 0 saturated carbocycles. The smallest absolute Gasteiger partial charge is 0.335 e. The molecule has 106 valence electrons. The fraction of sp³-hybridized carbons (Fsp3) is 0.0909. The van der Waals surface area contributed by atoms with Crippen LogP contribution in [0.1, 0.15) is 16.1 Å². The van der Waals surface area contributed by atoms with E-state index < -0.39 is 16.0 Å². The molecule has 0 aliphatic rings. The van der Waals surface area contributed by atoms with Gasteiger partial charge >= 0.3 is 5.97 Å². The number of aryl methyl sites for hydroxylation is 1. The minimum atomic E-state index is -3.89. The molecule has 0 spiro atoms. The molecule has 0 saturated heterocycles. The number of rotatable bonds is 4. The summed E-state index contributed by atoms with van der Waals surface area (Å²) >= 11 is 1.15. The highest BCUT2D eigenvalue weighted by Gasteiger charge is 2.20. The van der Waals surface area contributed by atoms with E-state index in [1.54, 1.807) is 12.3 Å². The van der Waals surface area contributed by atoms with E-state index in [4.69, 9.17) is 10.8 Å². The Morgan fingerprint density at radius 2 is 2.15 bits per heavy atom. The van der Waals surface area contributed by atoms with Crippen molar-refractivity contribution >= 4 is 38.1 Å². The zero-order valence-electron chi connectivity index (χ0n) is 10.3. The number of sulfonamides is 1. The second-order valence-corrected chi connectivity index (χ2v) is 6.47.